The number of aromatic nitrogens is 1. The molecule has 3 aromatic rings. The molecule has 5 nitrogen and oxygen atoms in total. The molecule has 0 spiro atoms. The number of nitrogens with zero attached hydrogens (tertiary/aromatic N) is 2. The van der Waals surface area contributed by atoms with Gasteiger partial charge in [-0.15, -0.1) is 11.3 Å². The Morgan fingerprint density at radius 1 is 1.28 bits per heavy atom. The van der Waals surface area contributed by atoms with Crippen LogP contribution < -0.4 is 10.1 Å². The maximum atomic E-state index is 12.8. The molecule has 1 N–H and O–H groups in total. The number of methoxy groups -OCH3 is 1. The zero-order chi connectivity index (χ0) is 20.4. The summed E-state index contributed by atoms with van der Waals surface area (Å²) >= 11 is 7.86. The van der Waals surface area contributed by atoms with Gasteiger partial charge in [0.2, 0.25) is 5.91 Å². The summed E-state index contributed by atoms with van der Waals surface area (Å²) in [7, 11) is 1.58. The van der Waals surface area contributed by atoms with Crippen molar-refractivity contribution in [1.82, 2.24) is 9.88 Å². The second-order valence-electron chi connectivity index (χ2n) is 7.34. The summed E-state index contributed by atoms with van der Waals surface area (Å²) in [6.07, 6.45) is 2.02. The van der Waals surface area contributed by atoms with Gasteiger partial charge in [0.1, 0.15) is 5.75 Å². The van der Waals surface area contributed by atoms with E-state index in [1.54, 1.807) is 36.6 Å². The Labute approximate surface area is 179 Å². The number of carbonyl (C=O) groups is 1. The minimum absolute atomic E-state index is 0.0518. The van der Waals surface area contributed by atoms with Crippen LogP contribution in [0.25, 0.3) is 10.2 Å². The summed E-state index contributed by atoms with van der Waals surface area (Å²) in [6.45, 7) is 3.70. The molecule has 2 aromatic carbocycles. The fourth-order valence-corrected chi connectivity index (χ4v) is 5.09. The van der Waals surface area contributed by atoms with Crippen LogP contribution in [0.5, 0.6) is 5.75 Å². The van der Waals surface area contributed by atoms with Crippen LogP contribution in [0.3, 0.4) is 0 Å². The maximum Gasteiger partial charge on any atom is 0.241 e. The Balaban J connectivity index is 1.37. The summed E-state index contributed by atoms with van der Waals surface area (Å²) < 4.78 is 6.57. The van der Waals surface area contributed by atoms with Crippen molar-refractivity contribution in [2.45, 2.75) is 31.7 Å². The van der Waals surface area contributed by atoms with Crippen molar-refractivity contribution < 1.29 is 9.53 Å². The van der Waals surface area contributed by atoms with Crippen LogP contribution in [-0.4, -0.2) is 42.0 Å². The lowest BCUT2D eigenvalue weighted by Crippen LogP contribution is -2.45. The highest BCUT2D eigenvalue weighted by atomic mass is 35.5. The predicted octanol–water partition coefficient (Wildman–Crippen LogP) is 5.16. The monoisotopic (exact) mass is 429 g/mol. The van der Waals surface area contributed by atoms with E-state index in [1.165, 1.54) is 9.71 Å². The lowest BCUT2D eigenvalue weighted by molar-refractivity contribution is -0.121. The van der Waals surface area contributed by atoms with E-state index >= 15 is 0 Å². The number of piperidine rings is 1. The lowest BCUT2D eigenvalue weighted by atomic mass is 9.96. The molecule has 7 heteroatoms. The SMILES string of the molecule is COc1ccc(Cl)cc1NC(=O)C(C)N1CCC(c2nc3ccccc3s2)CC1. The minimum Gasteiger partial charge on any atom is -0.495 e. The summed E-state index contributed by atoms with van der Waals surface area (Å²) in [4.78, 5) is 19.8. The number of ether oxygens (including phenoxy) is 1. The Kier molecular flexibility index (Phi) is 6.04. The van der Waals surface area contributed by atoms with Gasteiger partial charge in [-0.25, -0.2) is 4.98 Å². The average molecular weight is 430 g/mol. The highest BCUT2D eigenvalue weighted by Crippen LogP contribution is 2.34. The fourth-order valence-electron chi connectivity index (χ4n) is 3.78. The van der Waals surface area contributed by atoms with E-state index in [1.807, 2.05) is 13.0 Å². The largest absolute Gasteiger partial charge is 0.495 e. The Bertz CT molecular complexity index is 981. The highest BCUT2D eigenvalue weighted by molar-refractivity contribution is 7.18. The van der Waals surface area contributed by atoms with E-state index in [9.17, 15) is 4.79 Å². The van der Waals surface area contributed by atoms with Crippen molar-refractivity contribution in [1.29, 1.82) is 0 Å². The van der Waals surface area contributed by atoms with Crippen LogP contribution in [0.1, 0.15) is 30.7 Å². The molecule has 1 aliphatic rings. The Morgan fingerprint density at radius 3 is 2.76 bits per heavy atom. The topological polar surface area (TPSA) is 54.5 Å². The number of hydrogen-bond donors (Lipinski definition) is 1. The Morgan fingerprint density at radius 2 is 2.03 bits per heavy atom. The summed E-state index contributed by atoms with van der Waals surface area (Å²) in [6, 6.07) is 13.3. The first-order valence-electron chi connectivity index (χ1n) is 9.79. The van der Waals surface area contributed by atoms with Crippen LogP contribution in [0.4, 0.5) is 5.69 Å². The van der Waals surface area contributed by atoms with E-state index in [0.29, 0.717) is 22.4 Å². The maximum absolute atomic E-state index is 12.8. The fraction of sp³-hybridized carbons (Fsp3) is 0.364. The van der Waals surface area contributed by atoms with Gasteiger partial charge in [0.15, 0.2) is 0 Å². The van der Waals surface area contributed by atoms with Crippen LogP contribution in [0.2, 0.25) is 5.02 Å². The zero-order valence-electron chi connectivity index (χ0n) is 16.5. The number of nitrogens with one attached hydrogen (secondary N) is 1. The van der Waals surface area contributed by atoms with Crippen molar-refractivity contribution in [3.05, 3.63) is 52.5 Å². The van der Waals surface area contributed by atoms with Gasteiger partial charge >= 0.3 is 0 Å². The molecule has 2 heterocycles. The minimum atomic E-state index is -0.227. The van der Waals surface area contributed by atoms with E-state index in [-0.39, 0.29) is 11.9 Å². The third-order valence-electron chi connectivity index (χ3n) is 5.54. The van der Waals surface area contributed by atoms with Gasteiger partial charge in [0.25, 0.3) is 0 Å². The molecule has 0 saturated carbocycles. The van der Waals surface area contributed by atoms with E-state index < -0.39 is 0 Å². The molecule has 0 bridgehead atoms. The van der Waals surface area contributed by atoms with Gasteiger partial charge in [0, 0.05) is 10.9 Å². The van der Waals surface area contributed by atoms with Crippen molar-refractivity contribution in [3.8, 4) is 5.75 Å². The molecule has 1 aromatic heterocycles. The molecule has 1 fully saturated rings. The number of amides is 1. The first-order valence-corrected chi connectivity index (χ1v) is 11.0. The van der Waals surface area contributed by atoms with Crippen molar-refractivity contribution in [3.63, 3.8) is 0 Å². The van der Waals surface area contributed by atoms with Gasteiger partial charge in [0.05, 0.1) is 34.1 Å². The van der Waals surface area contributed by atoms with E-state index in [2.05, 4.69) is 28.4 Å². The quantitative estimate of drug-likeness (QED) is 0.608. The Hall–Kier alpha value is -2.15. The van der Waals surface area contributed by atoms with Gasteiger partial charge in [-0.1, -0.05) is 23.7 Å². The number of fused-ring (bicyclic) bond motifs is 1. The molecule has 4 rings (SSSR count). The molecule has 1 atom stereocenters. The smallest absolute Gasteiger partial charge is 0.241 e. The lowest BCUT2D eigenvalue weighted by Gasteiger charge is -2.34. The standard InChI is InChI=1S/C22H24ClN3O2S/c1-14(21(27)24-18-13-16(23)7-8-19(18)28-2)26-11-9-15(10-12-26)22-25-17-5-3-4-6-20(17)29-22/h3-8,13-15H,9-12H2,1-2H3,(H,24,27). The first-order chi connectivity index (χ1) is 14.0. The van der Waals surface area contributed by atoms with Gasteiger partial charge in [-0.3, -0.25) is 9.69 Å². The van der Waals surface area contributed by atoms with Crippen LogP contribution in [-0.2, 0) is 4.79 Å². The number of halogens is 1. The van der Waals surface area contributed by atoms with Gasteiger partial charge in [-0.05, 0) is 63.2 Å². The summed E-state index contributed by atoms with van der Waals surface area (Å²) in [5, 5.41) is 4.73. The number of likely N-dealkylation sites (tertiary alicyclic amines) is 1. The van der Waals surface area contributed by atoms with Crippen molar-refractivity contribution in [2.75, 3.05) is 25.5 Å². The van der Waals surface area contributed by atoms with E-state index in [0.717, 1.165) is 31.4 Å². The number of hydrogen-bond acceptors (Lipinski definition) is 5. The summed E-state index contributed by atoms with van der Waals surface area (Å²) in [5.74, 6) is 1.01. The van der Waals surface area contributed by atoms with Crippen LogP contribution in [0, 0.1) is 0 Å². The van der Waals surface area contributed by atoms with Gasteiger partial charge in [-0.2, -0.15) is 0 Å². The van der Waals surface area contributed by atoms with Crippen molar-refractivity contribution >= 4 is 44.7 Å². The first kappa shape index (κ1) is 20.1. The molecular formula is C22H24ClN3O2S. The molecule has 29 heavy (non-hydrogen) atoms. The number of rotatable bonds is 5. The number of benzene rings is 2. The third kappa shape index (κ3) is 4.39. The van der Waals surface area contributed by atoms with Crippen LogP contribution >= 0.6 is 22.9 Å². The number of carbonyl (C=O) groups excluding carboxylic acids is 1. The molecule has 152 valence electrons. The molecule has 0 aliphatic carbocycles. The number of thiazole rings is 1. The molecule has 0 radical (unpaired) electrons. The zero-order valence-corrected chi connectivity index (χ0v) is 18.1. The van der Waals surface area contributed by atoms with Crippen molar-refractivity contribution in [2.24, 2.45) is 0 Å². The average Bonchev–Trinajstić information content (AvgIpc) is 3.18. The third-order valence-corrected chi connectivity index (χ3v) is 6.97. The molecule has 1 saturated heterocycles. The highest BCUT2D eigenvalue weighted by Gasteiger charge is 2.29. The molecule has 1 amide bonds. The number of anilines is 1. The molecule has 1 aliphatic heterocycles. The number of para-hydroxylation sites is 1. The normalized spacial score (nSPS) is 16.7. The predicted molar refractivity (Wildman–Crippen MR) is 119 cm³/mol. The second kappa shape index (κ2) is 8.69. The summed E-state index contributed by atoms with van der Waals surface area (Å²) in [5.41, 5.74) is 1.68. The molecule has 1 unspecified atom stereocenters. The second-order valence-corrected chi connectivity index (χ2v) is 8.84. The van der Waals surface area contributed by atoms with E-state index in [4.69, 9.17) is 21.3 Å². The van der Waals surface area contributed by atoms with Gasteiger partial charge < -0.3 is 10.1 Å². The van der Waals surface area contributed by atoms with Crippen LogP contribution in [0.15, 0.2) is 42.5 Å². The molecular weight excluding hydrogens is 406 g/mol.